The zero-order valence-corrected chi connectivity index (χ0v) is 19.5. The number of guanidine groups is 1. The zero-order chi connectivity index (χ0) is 18.7. The molecule has 1 saturated heterocycles. The molecular formula is C22H36IN5. The Balaban J connectivity index is 0.00000280. The van der Waals surface area contributed by atoms with Crippen LogP contribution in [0.3, 0.4) is 0 Å². The second kappa shape index (κ2) is 13.2. The van der Waals surface area contributed by atoms with Crippen molar-refractivity contribution >= 4 is 29.9 Å². The molecule has 0 spiro atoms. The lowest BCUT2D eigenvalue weighted by molar-refractivity contribution is 0.127. The number of nitrogens with one attached hydrogen (secondary N) is 2. The molecule has 1 fully saturated rings. The Hall–Kier alpha value is -1.12. The normalized spacial score (nSPS) is 18.8. The molecule has 156 valence electrons. The van der Waals surface area contributed by atoms with Gasteiger partial charge in [0.05, 0.1) is 0 Å². The third kappa shape index (κ3) is 8.09. The van der Waals surface area contributed by atoms with Crippen LogP contribution >= 0.6 is 24.0 Å². The van der Waals surface area contributed by atoms with Crippen LogP contribution in [0.2, 0.25) is 0 Å². The Morgan fingerprint density at radius 3 is 2.39 bits per heavy atom. The molecule has 0 bridgehead atoms. The zero-order valence-electron chi connectivity index (χ0n) is 17.1. The largest absolute Gasteiger partial charge is 0.357 e. The van der Waals surface area contributed by atoms with Crippen LogP contribution in [0.5, 0.6) is 0 Å². The summed E-state index contributed by atoms with van der Waals surface area (Å²) >= 11 is 0. The van der Waals surface area contributed by atoms with Crippen LogP contribution in [0.25, 0.3) is 0 Å². The molecule has 0 saturated carbocycles. The minimum absolute atomic E-state index is 0. The number of hydrogen-bond acceptors (Lipinski definition) is 3. The molecule has 1 aromatic rings. The van der Waals surface area contributed by atoms with Crippen molar-refractivity contribution in [1.29, 1.82) is 0 Å². The van der Waals surface area contributed by atoms with Gasteiger partial charge in [-0.3, -0.25) is 9.89 Å². The summed E-state index contributed by atoms with van der Waals surface area (Å²) in [4.78, 5) is 9.91. The predicted molar refractivity (Wildman–Crippen MR) is 129 cm³/mol. The maximum atomic E-state index is 4.76. The molecule has 5 nitrogen and oxygen atoms in total. The molecule has 0 radical (unpaired) electrons. The number of piperazine rings is 1. The molecule has 1 aromatic carbocycles. The standard InChI is InChI=1S/C22H35N5.HI/c1-2-23-22(25-21-11-6-7-12-21)24-13-8-14-26-15-17-27(18-16-26)19-20-9-4-3-5-10-20;/h3-7,9-10,21H,2,8,11-19H2,1H3,(H2,23,24,25);1H. The van der Waals surface area contributed by atoms with Gasteiger partial charge in [0.2, 0.25) is 0 Å². The van der Waals surface area contributed by atoms with E-state index in [2.05, 4.69) is 69.8 Å². The average Bonchev–Trinajstić information content (AvgIpc) is 3.20. The number of nitrogens with zero attached hydrogens (tertiary/aromatic N) is 3. The highest BCUT2D eigenvalue weighted by Gasteiger charge is 2.16. The van der Waals surface area contributed by atoms with E-state index in [1.54, 1.807) is 0 Å². The Morgan fingerprint density at radius 2 is 1.71 bits per heavy atom. The lowest BCUT2D eigenvalue weighted by Gasteiger charge is -2.34. The van der Waals surface area contributed by atoms with Crippen LogP contribution < -0.4 is 10.6 Å². The van der Waals surface area contributed by atoms with Crippen LogP contribution in [0, 0.1) is 0 Å². The Morgan fingerprint density at radius 1 is 1.04 bits per heavy atom. The van der Waals surface area contributed by atoms with E-state index in [4.69, 9.17) is 4.99 Å². The fourth-order valence-electron chi connectivity index (χ4n) is 3.75. The molecule has 2 aliphatic rings. The number of halogens is 1. The molecule has 0 atom stereocenters. The first-order valence-electron chi connectivity index (χ1n) is 10.5. The molecule has 0 unspecified atom stereocenters. The molecule has 0 amide bonds. The third-order valence-electron chi connectivity index (χ3n) is 5.31. The van der Waals surface area contributed by atoms with E-state index in [1.807, 2.05) is 0 Å². The van der Waals surface area contributed by atoms with Crippen molar-refractivity contribution in [3.05, 3.63) is 48.0 Å². The van der Waals surface area contributed by atoms with Crippen molar-refractivity contribution in [2.24, 2.45) is 4.99 Å². The molecule has 2 N–H and O–H groups in total. The van der Waals surface area contributed by atoms with Gasteiger partial charge in [-0.1, -0.05) is 42.5 Å². The first-order valence-corrected chi connectivity index (χ1v) is 10.5. The Bertz CT molecular complexity index is 588. The van der Waals surface area contributed by atoms with Crippen LogP contribution in [0.1, 0.15) is 31.7 Å². The maximum absolute atomic E-state index is 4.76. The van der Waals surface area contributed by atoms with E-state index in [1.165, 1.54) is 18.7 Å². The summed E-state index contributed by atoms with van der Waals surface area (Å²) in [7, 11) is 0. The van der Waals surface area contributed by atoms with Crippen molar-refractivity contribution in [2.75, 3.05) is 45.8 Å². The topological polar surface area (TPSA) is 42.9 Å². The monoisotopic (exact) mass is 497 g/mol. The minimum atomic E-state index is 0. The summed E-state index contributed by atoms with van der Waals surface area (Å²) in [5.74, 6) is 0.971. The second-order valence-electron chi connectivity index (χ2n) is 7.50. The van der Waals surface area contributed by atoms with Gasteiger partial charge in [0.15, 0.2) is 5.96 Å². The highest BCUT2D eigenvalue weighted by molar-refractivity contribution is 14.0. The summed E-state index contributed by atoms with van der Waals surface area (Å²) in [5.41, 5.74) is 1.42. The van der Waals surface area contributed by atoms with Crippen LogP contribution in [0.15, 0.2) is 47.5 Å². The van der Waals surface area contributed by atoms with E-state index in [0.717, 1.165) is 64.5 Å². The van der Waals surface area contributed by atoms with Crippen molar-refractivity contribution < 1.29 is 0 Å². The first-order chi connectivity index (χ1) is 13.3. The molecule has 0 aromatic heterocycles. The molecule has 3 rings (SSSR count). The number of hydrogen-bond donors (Lipinski definition) is 2. The quantitative estimate of drug-likeness (QED) is 0.191. The lowest BCUT2D eigenvalue weighted by atomic mass is 10.2. The van der Waals surface area contributed by atoms with Gasteiger partial charge in [-0.2, -0.15) is 0 Å². The summed E-state index contributed by atoms with van der Waals surface area (Å²) in [6.07, 6.45) is 7.84. The Labute approximate surface area is 187 Å². The van der Waals surface area contributed by atoms with E-state index in [0.29, 0.717) is 6.04 Å². The van der Waals surface area contributed by atoms with Crippen molar-refractivity contribution in [2.45, 2.75) is 38.8 Å². The SMILES string of the molecule is CCNC(=NCCCN1CCN(Cc2ccccc2)CC1)NC1CC=CC1.I. The summed E-state index contributed by atoms with van der Waals surface area (Å²) < 4.78 is 0. The van der Waals surface area contributed by atoms with E-state index < -0.39 is 0 Å². The lowest BCUT2D eigenvalue weighted by Crippen LogP contribution is -2.46. The predicted octanol–water partition coefficient (Wildman–Crippen LogP) is 3.09. The highest BCUT2D eigenvalue weighted by Crippen LogP contribution is 2.10. The molecule has 1 heterocycles. The van der Waals surface area contributed by atoms with Gasteiger partial charge in [0, 0.05) is 58.4 Å². The summed E-state index contributed by atoms with van der Waals surface area (Å²) in [6, 6.07) is 11.3. The van der Waals surface area contributed by atoms with Gasteiger partial charge in [-0.05, 0) is 31.7 Å². The van der Waals surface area contributed by atoms with Crippen LogP contribution in [-0.4, -0.2) is 67.6 Å². The number of benzene rings is 1. The van der Waals surface area contributed by atoms with Gasteiger partial charge in [0.25, 0.3) is 0 Å². The minimum Gasteiger partial charge on any atom is -0.357 e. The average molecular weight is 497 g/mol. The van der Waals surface area contributed by atoms with Gasteiger partial charge >= 0.3 is 0 Å². The van der Waals surface area contributed by atoms with Gasteiger partial charge in [0.1, 0.15) is 0 Å². The summed E-state index contributed by atoms with van der Waals surface area (Å²) in [5, 5.41) is 6.91. The van der Waals surface area contributed by atoms with Crippen LogP contribution in [0.4, 0.5) is 0 Å². The third-order valence-corrected chi connectivity index (χ3v) is 5.31. The van der Waals surface area contributed by atoms with Gasteiger partial charge in [-0.15, -0.1) is 24.0 Å². The molecule has 1 aliphatic heterocycles. The number of rotatable bonds is 8. The van der Waals surface area contributed by atoms with E-state index in [-0.39, 0.29) is 24.0 Å². The highest BCUT2D eigenvalue weighted by atomic mass is 127. The molecule has 28 heavy (non-hydrogen) atoms. The maximum Gasteiger partial charge on any atom is 0.191 e. The molecule has 1 aliphatic carbocycles. The van der Waals surface area contributed by atoms with Gasteiger partial charge in [-0.25, -0.2) is 0 Å². The first kappa shape index (κ1) is 23.2. The Kier molecular flexibility index (Phi) is 10.9. The van der Waals surface area contributed by atoms with Crippen molar-refractivity contribution in [3.8, 4) is 0 Å². The number of aliphatic imine (C=N–C) groups is 1. The van der Waals surface area contributed by atoms with Gasteiger partial charge < -0.3 is 15.5 Å². The smallest absolute Gasteiger partial charge is 0.191 e. The molecule has 6 heteroatoms. The second-order valence-corrected chi connectivity index (χ2v) is 7.50. The van der Waals surface area contributed by atoms with E-state index >= 15 is 0 Å². The summed E-state index contributed by atoms with van der Waals surface area (Å²) in [6.45, 7) is 10.8. The van der Waals surface area contributed by atoms with E-state index in [9.17, 15) is 0 Å². The fourth-order valence-corrected chi connectivity index (χ4v) is 3.75. The molecular weight excluding hydrogens is 461 g/mol. The van der Waals surface area contributed by atoms with Crippen LogP contribution in [-0.2, 0) is 6.54 Å². The van der Waals surface area contributed by atoms with Crippen molar-refractivity contribution in [1.82, 2.24) is 20.4 Å². The van der Waals surface area contributed by atoms with Crippen molar-refractivity contribution in [3.63, 3.8) is 0 Å². The fraction of sp³-hybridized carbons (Fsp3) is 0.591.